The molecule has 0 aliphatic carbocycles. The summed E-state index contributed by atoms with van der Waals surface area (Å²) in [5.41, 5.74) is 6.55. The summed E-state index contributed by atoms with van der Waals surface area (Å²) in [5, 5.41) is 9.28. The summed E-state index contributed by atoms with van der Waals surface area (Å²) in [4.78, 5) is 12.9. The molecule has 2 heterocycles. The van der Waals surface area contributed by atoms with Crippen LogP contribution in [0.3, 0.4) is 0 Å². The summed E-state index contributed by atoms with van der Waals surface area (Å²) < 4.78 is 13.9. The van der Waals surface area contributed by atoms with Crippen molar-refractivity contribution < 1.29 is 4.39 Å². The van der Waals surface area contributed by atoms with Crippen LogP contribution in [0, 0.1) is 17.1 Å². The summed E-state index contributed by atoms with van der Waals surface area (Å²) in [7, 11) is 2.07. The Bertz CT molecular complexity index is 803. The molecule has 0 radical (unpaired) electrons. The van der Waals surface area contributed by atoms with Crippen molar-refractivity contribution in [1.82, 2.24) is 14.9 Å². The largest absolute Gasteiger partial charge is 0.384 e. The summed E-state index contributed by atoms with van der Waals surface area (Å²) in [6, 6.07) is 8.88. The van der Waals surface area contributed by atoms with Crippen LogP contribution in [0.15, 0.2) is 30.5 Å². The Labute approximate surface area is 153 Å². The van der Waals surface area contributed by atoms with Crippen molar-refractivity contribution in [3.8, 4) is 6.07 Å². The van der Waals surface area contributed by atoms with Gasteiger partial charge < -0.3 is 10.6 Å². The Morgan fingerprint density at radius 1 is 1.35 bits per heavy atom. The fourth-order valence-corrected chi connectivity index (χ4v) is 3.49. The van der Waals surface area contributed by atoms with E-state index in [0.29, 0.717) is 29.9 Å². The molecule has 0 spiro atoms. The van der Waals surface area contributed by atoms with E-state index >= 15 is 0 Å². The zero-order valence-corrected chi connectivity index (χ0v) is 14.9. The van der Waals surface area contributed by atoms with Crippen molar-refractivity contribution in [3.63, 3.8) is 0 Å². The van der Waals surface area contributed by atoms with Crippen molar-refractivity contribution in [3.05, 3.63) is 47.7 Å². The molecule has 0 unspecified atom stereocenters. The van der Waals surface area contributed by atoms with Crippen molar-refractivity contribution >= 4 is 11.5 Å². The van der Waals surface area contributed by atoms with Gasteiger partial charge in [0.25, 0.3) is 0 Å². The highest BCUT2D eigenvalue weighted by atomic mass is 19.1. The Morgan fingerprint density at radius 2 is 2.19 bits per heavy atom. The number of nitrogens with zero attached hydrogens (tertiary/aromatic N) is 5. The first-order valence-corrected chi connectivity index (χ1v) is 8.79. The molecule has 1 aliphatic rings. The number of nitrogen functional groups attached to an aromatic ring is 1. The lowest BCUT2D eigenvalue weighted by Gasteiger charge is -2.27. The van der Waals surface area contributed by atoms with Gasteiger partial charge in [-0.25, -0.2) is 14.4 Å². The van der Waals surface area contributed by atoms with Gasteiger partial charge in [0.05, 0.1) is 12.2 Å². The van der Waals surface area contributed by atoms with Gasteiger partial charge in [0.1, 0.15) is 29.1 Å². The molecule has 3 rings (SSSR count). The zero-order chi connectivity index (χ0) is 18.5. The Morgan fingerprint density at radius 3 is 2.96 bits per heavy atom. The Balaban J connectivity index is 1.67. The highest BCUT2D eigenvalue weighted by Gasteiger charge is 2.23. The van der Waals surface area contributed by atoms with E-state index in [-0.39, 0.29) is 5.56 Å². The van der Waals surface area contributed by atoms with Crippen molar-refractivity contribution in [1.29, 1.82) is 5.26 Å². The highest BCUT2D eigenvalue weighted by Crippen LogP contribution is 2.26. The highest BCUT2D eigenvalue weighted by molar-refractivity contribution is 5.59. The van der Waals surface area contributed by atoms with E-state index in [2.05, 4.69) is 26.8 Å². The zero-order valence-electron chi connectivity index (χ0n) is 14.9. The van der Waals surface area contributed by atoms with Crippen LogP contribution in [0.25, 0.3) is 0 Å². The second kappa shape index (κ2) is 8.11. The lowest BCUT2D eigenvalue weighted by atomic mass is 10.1. The topological polar surface area (TPSA) is 82.1 Å². The molecule has 1 fully saturated rings. The number of nitriles is 1. The lowest BCUT2D eigenvalue weighted by molar-refractivity contribution is 0.212. The smallest absolute Gasteiger partial charge is 0.144 e. The van der Waals surface area contributed by atoms with E-state index in [1.807, 2.05) is 12.1 Å². The van der Waals surface area contributed by atoms with Gasteiger partial charge in [-0.2, -0.15) is 5.26 Å². The minimum atomic E-state index is -0.457. The van der Waals surface area contributed by atoms with Crippen LogP contribution >= 0.6 is 0 Å². The van der Waals surface area contributed by atoms with Gasteiger partial charge >= 0.3 is 0 Å². The number of hydrogen-bond acceptors (Lipinski definition) is 6. The van der Waals surface area contributed by atoms with E-state index in [4.69, 9.17) is 5.73 Å². The second-order valence-electron chi connectivity index (χ2n) is 6.63. The first-order chi connectivity index (χ1) is 12.6. The van der Waals surface area contributed by atoms with Crippen LogP contribution in [-0.2, 0) is 6.54 Å². The van der Waals surface area contributed by atoms with Gasteiger partial charge in [0.2, 0.25) is 0 Å². The fourth-order valence-electron chi connectivity index (χ4n) is 3.49. The average molecular weight is 354 g/mol. The molecule has 2 N–H and O–H groups in total. The molecule has 1 aromatic carbocycles. The van der Waals surface area contributed by atoms with E-state index in [1.165, 1.54) is 6.07 Å². The van der Waals surface area contributed by atoms with Gasteiger partial charge in [0, 0.05) is 25.3 Å². The lowest BCUT2D eigenvalue weighted by Crippen LogP contribution is -2.33. The number of benzene rings is 1. The molecule has 1 aliphatic heterocycles. The predicted molar refractivity (Wildman–Crippen MR) is 98.9 cm³/mol. The fraction of sp³-hybridized carbons (Fsp3) is 0.421. The molecular formula is C19H23FN6. The molecule has 1 aromatic heterocycles. The van der Waals surface area contributed by atoms with Crippen LogP contribution in [0.4, 0.5) is 15.9 Å². The SMILES string of the molecule is CN(Cc1nccc(N)n1)[C@H]1CCCN(c2cccc(F)c2C#N)CC1. The molecule has 136 valence electrons. The monoisotopic (exact) mass is 354 g/mol. The average Bonchev–Trinajstić information content (AvgIpc) is 2.87. The molecule has 6 nitrogen and oxygen atoms in total. The Hall–Kier alpha value is -2.72. The summed E-state index contributed by atoms with van der Waals surface area (Å²) in [5.74, 6) is 0.734. The number of nitrogens with two attached hydrogens (primary N) is 1. The van der Waals surface area contributed by atoms with Gasteiger partial charge in [-0.15, -0.1) is 0 Å². The van der Waals surface area contributed by atoms with Crippen molar-refractivity contribution in [2.75, 3.05) is 30.8 Å². The third-order valence-electron chi connectivity index (χ3n) is 4.88. The van der Waals surface area contributed by atoms with Gasteiger partial charge in [-0.05, 0) is 44.5 Å². The molecule has 0 amide bonds. The summed E-state index contributed by atoms with van der Waals surface area (Å²) in [6.07, 6.45) is 4.62. The molecule has 0 saturated carbocycles. The van der Waals surface area contributed by atoms with Crippen molar-refractivity contribution in [2.24, 2.45) is 0 Å². The van der Waals surface area contributed by atoms with E-state index < -0.39 is 5.82 Å². The number of anilines is 2. The van der Waals surface area contributed by atoms with E-state index in [1.54, 1.807) is 18.3 Å². The molecule has 26 heavy (non-hydrogen) atoms. The number of halogens is 1. The van der Waals surface area contributed by atoms with Gasteiger partial charge in [-0.1, -0.05) is 6.07 Å². The normalized spacial score (nSPS) is 17.8. The van der Waals surface area contributed by atoms with Crippen LogP contribution in [0.1, 0.15) is 30.7 Å². The molecule has 2 aromatic rings. The standard InChI is InChI=1S/C19H23FN6/c1-25(13-19-23-9-7-18(22)24-19)14-4-3-10-26(11-8-14)17-6-2-5-16(20)15(17)12-21/h2,5-7,9,14H,3-4,8,10-11,13H2,1H3,(H2,22,23,24)/t14-/m0/s1. The van der Waals surface area contributed by atoms with Crippen LogP contribution in [0.5, 0.6) is 0 Å². The van der Waals surface area contributed by atoms with Gasteiger partial charge in [0.15, 0.2) is 0 Å². The Kier molecular flexibility index (Phi) is 5.64. The minimum Gasteiger partial charge on any atom is -0.384 e. The third kappa shape index (κ3) is 4.09. The maximum atomic E-state index is 13.9. The number of aromatic nitrogens is 2. The maximum absolute atomic E-state index is 13.9. The molecule has 1 atom stereocenters. The first kappa shape index (κ1) is 18.1. The summed E-state index contributed by atoms with van der Waals surface area (Å²) in [6.45, 7) is 2.24. The predicted octanol–water partition coefficient (Wildman–Crippen LogP) is 2.56. The van der Waals surface area contributed by atoms with Crippen molar-refractivity contribution in [2.45, 2.75) is 31.8 Å². The molecule has 0 bridgehead atoms. The maximum Gasteiger partial charge on any atom is 0.144 e. The third-order valence-corrected chi connectivity index (χ3v) is 4.88. The number of rotatable bonds is 4. The minimum absolute atomic E-state index is 0.132. The number of hydrogen-bond donors (Lipinski definition) is 1. The van der Waals surface area contributed by atoms with Crippen LogP contribution in [-0.4, -0.2) is 41.0 Å². The molecule has 1 saturated heterocycles. The quantitative estimate of drug-likeness (QED) is 0.909. The first-order valence-electron chi connectivity index (χ1n) is 8.79. The van der Waals surface area contributed by atoms with Gasteiger partial charge in [-0.3, -0.25) is 4.90 Å². The second-order valence-corrected chi connectivity index (χ2v) is 6.63. The van der Waals surface area contributed by atoms with Crippen LogP contribution in [0.2, 0.25) is 0 Å². The molecular weight excluding hydrogens is 331 g/mol. The summed E-state index contributed by atoms with van der Waals surface area (Å²) >= 11 is 0. The van der Waals surface area contributed by atoms with E-state index in [9.17, 15) is 9.65 Å². The van der Waals surface area contributed by atoms with E-state index in [0.717, 1.165) is 32.4 Å². The molecule has 7 heteroatoms. The van der Waals surface area contributed by atoms with Crippen LogP contribution < -0.4 is 10.6 Å².